The molecule has 5 heteroatoms. The molecule has 1 atom stereocenters. The van der Waals surface area contributed by atoms with E-state index in [0.717, 1.165) is 10.5 Å². The summed E-state index contributed by atoms with van der Waals surface area (Å²) in [4.78, 5) is 3.52. The number of benzene rings is 1. The second-order valence-corrected chi connectivity index (χ2v) is 4.66. The fourth-order valence-electron chi connectivity index (χ4n) is 1.23. The highest BCUT2D eigenvalue weighted by Gasteiger charge is 2.05. The predicted molar refractivity (Wildman–Crippen MR) is 61.1 cm³/mol. The van der Waals surface area contributed by atoms with Crippen LogP contribution in [-0.2, 0) is 10.8 Å². The van der Waals surface area contributed by atoms with Crippen LogP contribution in [0, 0.1) is 6.92 Å². The second-order valence-electron chi connectivity index (χ2n) is 3.12. The fraction of sp³-hybridized carbons (Fsp3) is 0.400. The van der Waals surface area contributed by atoms with Gasteiger partial charge in [-0.15, -0.1) is 0 Å². The lowest BCUT2D eigenvalue weighted by atomic mass is 10.2. The molecule has 1 aromatic rings. The van der Waals surface area contributed by atoms with Gasteiger partial charge in [0.25, 0.3) is 0 Å². The predicted octanol–water partition coefficient (Wildman–Crippen LogP) is 2.80. The zero-order valence-electron chi connectivity index (χ0n) is 8.59. The standard InChI is InChI=1S/C10H13N3OS/c1-9-5-2-3-6-10(9)15(14)8-4-7-12-13-11/h2-3,5-6H,4,7-8H2,1H3. The first kappa shape index (κ1) is 11.8. The first-order chi connectivity index (χ1) is 7.25. The molecule has 0 aliphatic heterocycles. The van der Waals surface area contributed by atoms with Gasteiger partial charge in [0.1, 0.15) is 0 Å². The molecule has 0 radical (unpaired) electrons. The van der Waals surface area contributed by atoms with E-state index in [4.69, 9.17) is 5.53 Å². The first-order valence-corrected chi connectivity index (χ1v) is 6.02. The van der Waals surface area contributed by atoms with Gasteiger partial charge in [-0.25, -0.2) is 0 Å². The third kappa shape index (κ3) is 3.73. The van der Waals surface area contributed by atoms with Crippen LogP contribution in [0.3, 0.4) is 0 Å². The Morgan fingerprint density at radius 1 is 1.47 bits per heavy atom. The summed E-state index contributed by atoms with van der Waals surface area (Å²) < 4.78 is 11.8. The van der Waals surface area contributed by atoms with Gasteiger partial charge < -0.3 is 0 Å². The minimum atomic E-state index is -0.982. The first-order valence-electron chi connectivity index (χ1n) is 4.70. The average molecular weight is 223 g/mol. The van der Waals surface area contributed by atoms with Crippen molar-refractivity contribution in [3.8, 4) is 0 Å². The van der Waals surface area contributed by atoms with Crippen LogP contribution in [0.2, 0.25) is 0 Å². The summed E-state index contributed by atoms with van der Waals surface area (Å²) in [5.41, 5.74) is 9.12. The van der Waals surface area contributed by atoms with Crippen LogP contribution in [0.15, 0.2) is 34.3 Å². The molecule has 1 aromatic carbocycles. The van der Waals surface area contributed by atoms with Gasteiger partial charge in [-0.3, -0.25) is 4.21 Å². The van der Waals surface area contributed by atoms with Crippen LogP contribution < -0.4 is 0 Å². The second kappa shape index (κ2) is 6.22. The Bertz CT molecular complexity index is 399. The van der Waals surface area contributed by atoms with Gasteiger partial charge in [0.2, 0.25) is 0 Å². The van der Waals surface area contributed by atoms with Crippen molar-refractivity contribution in [1.29, 1.82) is 0 Å². The van der Waals surface area contributed by atoms with Crippen LogP contribution in [0.25, 0.3) is 10.4 Å². The molecule has 0 fully saturated rings. The minimum absolute atomic E-state index is 0.411. The van der Waals surface area contributed by atoms with E-state index in [1.165, 1.54) is 0 Å². The normalized spacial score (nSPS) is 11.8. The van der Waals surface area contributed by atoms with Gasteiger partial charge >= 0.3 is 0 Å². The number of hydrogen-bond acceptors (Lipinski definition) is 2. The Morgan fingerprint density at radius 2 is 2.20 bits per heavy atom. The van der Waals surface area contributed by atoms with Crippen LogP contribution in [0.5, 0.6) is 0 Å². The summed E-state index contributed by atoms with van der Waals surface area (Å²) in [6.07, 6.45) is 0.658. The van der Waals surface area contributed by atoms with Gasteiger partial charge in [0, 0.05) is 22.1 Å². The van der Waals surface area contributed by atoms with Crippen molar-refractivity contribution in [2.75, 3.05) is 12.3 Å². The van der Waals surface area contributed by atoms with E-state index in [9.17, 15) is 4.21 Å². The molecule has 80 valence electrons. The van der Waals surface area contributed by atoms with E-state index in [2.05, 4.69) is 10.0 Å². The largest absolute Gasteiger partial charge is 0.254 e. The van der Waals surface area contributed by atoms with E-state index in [0.29, 0.717) is 18.7 Å². The Labute approximate surface area is 91.4 Å². The number of azide groups is 1. The molecule has 0 saturated heterocycles. The number of nitrogens with zero attached hydrogens (tertiary/aromatic N) is 3. The Hall–Kier alpha value is -1.32. The summed E-state index contributed by atoms with van der Waals surface area (Å²) in [5.74, 6) is 0.546. The molecule has 1 unspecified atom stereocenters. The molecule has 0 N–H and O–H groups in total. The highest BCUT2D eigenvalue weighted by Crippen LogP contribution is 2.12. The topological polar surface area (TPSA) is 65.8 Å². The van der Waals surface area contributed by atoms with E-state index < -0.39 is 10.8 Å². The van der Waals surface area contributed by atoms with Crippen molar-refractivity contribution in [3.63, 3.8) is 0 Å². The van der Waals surface area contributed by atoms with E-state index in [1.54, 1.807) is 0 Å². The molecule has 0 saturated carbocycles. The highest BCUT2D eigenvalue weighted by molar-refractivity contribution is 7.85. The summed E-state index contributed by atoms with van der Waals surface area (Å²) in [6.45, 7) is 2.36. The van der Waals surface area contributed by atoms with Crippen molar-refractivity contribution < 1.29 is 4.21 Å². The number of hydrogen-bond donors (Lipinski definition) is 0. The summed E-state index contributed by atoms with van der Waals surface area (Å²) in [7, 11) is -0.982. The van der Waals surface area contributed by atoms with Crippen LogP contribution >= 0.6 is 0 Å². The van der Waals surface area contributed by atoms with Gasteiger partial charge in [-0.1, -0.05) is 23.3 Å². The molecule has 0 bridgehead atoms. The third-order valence-electron chi connectivity index (χ3n) is 1.99. The molecule has 1 rings (SSSR count). The molecular formula is C10H13N3OS. The molecule has 0 aliphatic rings. The fourth-order valence-corrected chi connectivity index (χ4v) is 2.50. The van der Waals surface area contributed by atoms with Crippen LogP contribution in [0.1, 0.15) is 12.0 Å². The van der Waals surface area contributed by atoms with Crippen molar-refractivity contribution in [2.45, 2.75) is 18.2 Å². The van der Waals surface area contributed by atoms with Crippen molar-refractivity contribution in [1.82, 2.24) is 0 Å². The maximum atomic E-state index is 11.8. The molecule has 0 heterocycles. The van der Waals surface area contributed by atoms with Gasteiger partial charge in [-0.2, -0.15) is 0 Å². The molecule has 0 aromatic heterocycles. The van der Waals surface area contributed by atoms with Crippen LogP contribution in [0.4, 0.5) is 0 Å². The van der Waals surface area contributed by atoms with E-state index in [-0.39, 0.29) is 0 Å². The summed E-state index contributed by atoms with van der Waals surface area (Å²) in [6, 6.07) is 7.63. The van der Waals surface area contributed by atoms with E-state index in [1.807, 2.05) is 31.2 Å². The molecule has 0 aliphatic carbocycles. The van der Waals surface area contributed by atoms with Crippen molar-refractivity contribution in [3.05, 3.63) is 40.3 Å². The highest BCUT2D eigenvalue weighted by atomic mass is 32.2. The van der Waals surface area contributed by atoms with Gasteiger partial charge in [-0.05, 0) is 30.5 Å². The summed E-state index contributed by atoms with van der Waals surface area (Å²) >= 11 is 0. The lowest BCUT2D eigenvalue weighted by molar-refractivity contribution is 0.680. The summed E-state index contributed by atoms with van der Waals surface area (Å²) in [5, 5.41) is 3.41. The maximum Gasteiger partial charge on any atom is 0.0532 e. The lowest BCUT2D eigenvalue weighted by Crippen LogP contribution is -2.01. The maximum absolute atomic E-state index is 11.8. The molecular weight excluding hydrogens is 210 g/mol. The Morgan fingerprint density at radius 3 is 2.87 bits per heavy atom. The Kier molecular flexibility index (Phi) is 4.87. The molecule has 15 heavy (non-hydrogen) atoms. The smallest absolute Gasteiger partial charge is 0.0532 e. The zero-order chi connectivity index (χ0) is 11.1. The molecule has 0 spiro atoms. The number of aryl methyl sites for hydroxylation is 1. The SMILES string of the molecule is Cc1ccccc1S(=O)CCCN=[N+]=[N-]. The quantitative estimate of drug-likeness (QED) is 0.327. The third-order valence-corrected chi connectivity index (χ3v) is 3.60. The van der Waals surface area contributed by atoms with E-state index >= 15 is 0 Å². The average Bonchev–Trinajstić information content (AvgIpc) is 2.25. The lowest BCUT2D eigenvalue weighted by Gasteiger charge is -2.04. The van der Waals surface area contributed by atoms with Gasteiger partial charge in [0.15, 0.2) is 0 Å². The Balaban J connectivity index is 2.54. The zero-order valence-corrected chi connectivity index (χ0v) is 9.41. The van der Waals surface area contributed by atoms with Crippen LogP contribution in [-0.4, -0.2) is 16.5 Å². The molecule has 4 nitrogen and oxygen atoms in total. The van der Waals surface area contributed by atoms with Crippen molar-refractivity contribution >= 4 is 10.8 Å². The van der Waals surface area contributed by atoms with Crippen molar-refractivity contribution in [2.24, 2.45) is 5.11 Å². The monoisotopic (exact) mass is 223 g/mol. The number of rotatable bonds is 5. The minimum Gasteiger partial charge on any atom is -0.254 e. The van der Waals surface area contributed by atoms with Gasteiger partial charge in [0.05, 0.1) is 10.8 Å². The molecule has 0 amide bonds.